The molecule has 148 valence electrons. The van der Waals surface area contributed by atoms with Gasteiger partial charge in [0, 0.05) is 55.2 Å². The van der Waals surface area contributed by atoms with Crippen LogP contribution in [0.2, 0.25) is 0 Å². The lowest BCUT2D eigenvalue weighted by Gasteiger charge is -2.38. The summed E-state index contributed by atoms with van der Waals surface area (Å²) in [4.78, 5) is 37.5. The molecule has 0 bridgehead atoms. The lowest BCUT2D eigenvalue weighted by Crippen LogP contribution is -2.52. The number of thiazole rings is 1. The van der Waals surface area contributed by atoms with Crippen LogP contribution in [0, 0.1) is 6.92 Å². The summed E-state index contributed by atoms with van der Waals surface area (Å²) in [6.07, 6.45) is 5.40. The lowest BCUT2D eigenvalue weighted by atomic mass is 9.88. The quantitative estimate of drug-likeness (QED) is 0.822. The number of rotatable bonds is 4. The minimum absolute atomic E-state index is 0.0264. The summed E-state index contributed by atoms with van der Waals surface area (Å²) in [7, 11) is 0. The number of aryl methyl sites for hydroxylation is 1. The Balaban J connectivity index is 1.35. The summed E-state index contributed by atoms with van der Waals surface area (Å²) in [5.41, 5.74) is 1.64. The molecule has 0 radical (unpaired) electrons. The van der Waals surface area contributed by atoms with Gasteiger partial charge in [-0.25, -0.2) is 9.78 Å². The largest absolute Gasteiger partial charge is 0.330 e. The number of hydrogen-bond acceptors (Lipinski definition) is 6. The third kappa shape index (κ3) is 4.00. The zero-order valence-electron chi connectivity index (χ0n) is 16.1. The average Bonchev–Trinajstić information content (AvgIpc) is 3.21. The molecule has 2 aromatic rings. The molecule has 2 fully saturated rings. The van der Waals surface area contributed by atoms with Crippen LogP contribution in [-0.4, -0.2) is 52.0 Å². The van der Waals surface area contributed by atoms with E-state index in [1.54, 1.807) is 6.20 Å². The third-order valence-corrected chi connectivity index (χ3v) is 6.20. The highest BCUT2D eigenvalue weighted by molar-refractivity contribution is 7.15. The number of carbonyl (C=O) groups excluding carboxylic acids is 2. The summed E-state index contributed by atoms with van der Waals surface area (Å²) in [5, 5.41) is 6.59. The van der Waals surface area contributed by atoms with E-state index in [2.05, 4.69) is 25.5 Å². The molecule has 4 rings (SSSR count). The Morgan fingerprint density at radius 3 is 2.86 bits per heavy atom. The van der Waals surface area contributed by atoms with Crippen molar-refractivity contribution < 1.29 is 9.59 Å². The monoisotopic (exact) mass is 400 g/mol. The Morgan fingerprint density at radius 1 is 1.36 bits per heavy atom. The van der Waals surface area contributed by atoms with Crippen molar-refractivity contribution in [2.75, 3.05) is 29.9 Å². The number of carbonyl (C=O) groups is 2. The first-order valence-electron chi connectivity index (χ1n) is 9.39. The molecular weight excluding hydrogens is 376 g/mol. The summed E-state index contributed by atoms with van der Waals surface area (Å²) in [6, 6.07) is 3.81. The fourth-order valence-corrected chi connectivity index (χ4v) is 4.75. The van der Waals surface area contributed by atoms with Crippen molar-refractivity contribution in [2.45, 2.75) is 38.8 Å². The predicted molar refractivity (Wildman–Crippen MR) is 109 cm³/mol. The average molecular weight is 401 g/mol. The van der Waals surface area contributed by atoms with Crippen LogP contribution in [0.3, 0.4) is 0 Å². The molecule has 0 unspecified atom stereocenters. The van der Waals surface area contributed by atoms with Crippen LogP contribution in [0.1, 0.15) is 30.3 Å². The van der Waals surface area contributed by atoms with Gasteiger partial charge in [0.15, 0.2) is 5.13 Å². The molecule has 28 heavy (non-hydrogen) atoms. The van der Waals surface area contributed by atoms with Gasteiger partial charge in [-0.05, 0) is 31.9 Å². The van der Waals surface area contributed by atoms with Crippen molar-refractivity contribution in [2.24, 2.45) is 0 Å². The normalized spacial score (nSPS) is 19.1. The number of urea groups is 1. The van der Waals surface area contributed by atoms with E-state index < -0.39 is 0 Å². The van der Waals surface area contributed by atoms with Gasteiger partial charge in [0.2, 0.25) is 5.91 Å². The molecule has 2 N–H and O–H groups in total. The van der Waals surface area contributed by atoms with Gasteiger partial charge in [0.1, 0.15) is 0 Å². The maximum absolute atomic E-state index is 12.6. The topological polar surface area (TPSA) is 90.5 Å². The number of aromatic nitrogens is 2. The fourth-order valence-electron chi connectivity index (χ4n) is 3.85. The summed E-state index contributed by atoms with van der Waals surface area (Å²) in [6.45, 7) is 6.75. The number of pyridine rings is 1. The number of amides is 3. The molecule has 0 saturated carbocycles. The third-order valence-electron chi connectivity index (χ3n) is 5.30. The summed E-state index contributed by atoms with van der Waals surface area (Å²) < 4.78 is 0. The van der Waals surface area contributed by atoms with Gasteiger partial charge in [-0.15, -0.1) is 11.3 Å². The minimum atomic E-state index is -0.167. The molecule has 0 aliphatic carbocycles. The Morgan fingerprint density at radius 2 is 2.14 bits per heavy atom. The number of likely N-dealkylation sites (tertiary alicyclic amines) is 1. The first-order valence-corrected chi connectivity index (χ1v) is 10.2. The highest BCUT2D eigenvalue weighted by Crippen LogP contribution is 2.32. The zero-order valence-corrected chi connectivity index (χ0v) is 16.9. The molecule has 0 atom stereocenters. The van der Waals surface area contributed by atoms with Crippen LogP contribution in [0.25, 0.3) is 0 Å². The van der Waals surface area contributed by atoms with E-state index in [0.717, 1.165) is 48.7 Å². The molecule has 3 amide bonds. The van der Waals surface area contributed by atoms with Crippen LogP contribution >= 0.6 is 11.3 Å². The molecule has 2 aliphatic rings. The van der Waals surface area contributed by atoms with Crippen molar-refractivity contribution in [1.29, 1.82) is 0 Å². The molecule has 9 heteroatoms. The highest BCUT2D eigenvalue weighted by Gasteiger charge is 2.44. The molecule has 2 aromatic heterocycles. The fraction of sp³-hybridized carbons (Fsp3) is 0.474. The number of piperidine rings is 1. The maximum atomic E-state index is 12.6. The zero-order chi connectivity index (χ0) is 19.7. The van der Waals surface area contributed by atoms with E-state index in [-0.39, 0.29) is 17.5 Å². The van der Waals surface area contributed by atoms with Gasteiger partial charge in [-0.1, -0.05) is 0 Å². The van der Waals surface area contributed by atoms with Crippen LogP contribution in [-0.2, 0) is 11.3 Å². The van der Waals surface area contributed by atoms with Crippen molar-refractivity contribution in [1.82, 2.24) is 20.2 Å². The van der Waals surface area contributed by atoms with E-state index in [0.29, 0.717) is 11.7 Å². The molecule has 2 aliphatic heterocycles. The Kier molecular flexibility index (Phi) is 5.03. The van der Waals surface area contributed by atoms with Crippen LogP contribution in [0.5, 0.6) is 0 Å². The predicted octanol–water partition coefficient (Wildman–Crippen LogP) is 2.37. The van der Waals surface area contributed by atoms with E-state index >= 15 is 0 Å². The molecular formula is C19H24N6O2S. The van der Waals surface area contributed by atoms with Crippen molar-refractivity contribution in [3.8, 4) is 0 Å². The van der Waals surface area contributed by atoms with Gasteiger partial charge in [0.25, 0.3) is 0 Å². The minimum Gasteiger partial charge on any atom is -0.330 e. The van der Waals surface area contributed by atoms with E-state index in [4.69, 9.17) is 0 Å². The van der Waals surface area contributed by atoms with Gasteiger partial charge < -0.3 is 10.6 Å². The Labute approximate surface area is 168 Å². The number of anilines is 2. The summed E-state index contributed by atoms with van der Waals surface area (Å²) in [5.74, 6) is -0.105. The van der Waals surface area contributed by atoms with E-state index in [1.165, 1.54) is 18.3 Å². The second kappa shape index (κ2) is 7.48. The maximum Gasteiger partial charge on any atom is 0.322 e. The Bertz CT molecular complexity index is 890. The summed E-state index contributed by atoms with van der Waals surface area (Å²) >= 11 is 1.51. The van der Waals surface area contributed by atoms with Crippen LogP contribution < -0.4 is 15.5 Å². The Hall–Kier alpha value is -2.52. The first-order chi connectivity index (χ1) is 13.4. The van der Waals surface area contributed by atoms with Gasteiger partial charge in [-0.2, -0.15) is 0 Å². The number of nitrogens with zero attached hydrogens (tertiary/aromatic N) is 4. The van der Waals surface area contributed by atoms with E-state index in [1.807, 2.05) is 30.2 Å². The van der Waals surface area contributed by atoms with Gasteiger partial charge in [0.05, 0.1) is 12.1 Å². The van der Waals surface area contributed by atoms with Crippen molar-refractivity contribution >= 4 is 34.1 Å². The SMILES string of the molecule is CC(=O)Nc1ncc(CN2CCC3(CC2)CN(c2ccnc(C)c2)C(=O)N3)s1. The number of nitrogens with one attached hydrogen (secondary N) is 2. The van der Waals surface area contributed by atoms with Crippen LogP contribution in [0.15, 0.2) is 24.5 Å². The molecule has 0 aromatic carbocycles. The smallest absolute Gasteiger partial charge is 0.322 e. The molecule has 2 saturated heterocycles. The van der Waals surface area contributed by atoms with Crippen LogP contribution in [0.4, 0.5) is 15.6 Å². The molecule has 8 nitrogen and oxygen atoms in total. The highest BCUT2D eigenvalue weighted by atomic mass is 32.1. The lowest BCUT2D eigenvalue weighted by molar-refractivity contribution is -0.114. The molecule has 4 heterocycles. The number of hydrogen-bond donors (Lipinski definition) is 2. The standard InChI is InChI=1S/C19H24N6O2S/c1-13-9-15(3-6-20-13)25-12-19(23-18(25)27)4-7-24(8-5-19)11-16-10-21-17(28-16)22-14(2)26/h3,6,9-10H,4-5,7-8,11-12H2,1-2H3,(H,23,27)(H,21,22,26). The second-order valence-electron chi connectivity index (χ2n) is 7.54. The second-order valence-corrected chi connectivity index (χ2v) is 8.66. The van der Waals surface area contributed by atoms with Gasteiger partial charge in [-0.3, -0.25) is 19.6 Å². The van der Waals surface area contributed by atoms with Crippen molar-refractivity contribution in [3.63, 3.8) is 0 Å². The molecule has 1 spiro atoms. The first kappa shape index (κ1) is 18.8. The van der Waals surface area contributed by atoms with Crippen molar-refractivity contribution in [3.05, 3.63) is 35.1 Å². The van der Waals surface area contributed by atoms with E-state index in [9.17, 15) is 9.59 Å². The van der Waals surface area contributed by atoms with Gasteiger partial charge >= 0.3 is 6.03 Å².